The summed E-state index contributed by atoms with van der Waals surface area (Å²) in [6.45, 7) is 0.233. The van der Waals surface area contributed by atoms with Crippen LogP contribution in [0.2, 0.25) is 5.02 Å². The minimum Gasteiger partial charge on any atom is -0.497 e. The van der Waals surface area contributed by atoms with Gasteiger partial charge in [0, 0.05) is 31.1 Å². The molecule has 0 atom stereocenters. The van der Waals surface area contributed by atoms with Crippen LogP contribution in [0.15, 0.2) is 79.0 Å². The average molecular weight is 549 g/mol. The van der Waals surface area contributed by atoms with Gasteiger partial charge in [-0.2, -0.15) is 0 Å². The first-order valence-electron chi connectivity index (χ1n) is 12.1. The number of rotatable bonds is 11. The molecule has 0 fully saturated rings. The monoisotopic (exact) mass is 548 g/mol. The molecule has 4 rings (SSSR count). The van der Waals surface area contributed by atoms with E-state index >= 15 is 0 Å². The number of methoxy groups -OCH3 is 3. The molecule has 10 heteroatoms. The Labute approximate surface area is 231 Å². The second-order valence-electron chi connectivity index (χ2n) is 8.50. The summed E-state index contributed by atoms with van der Waals surface area (Å²) in [6, 6.07) is 21.6. The lowest BCUT2D eigenvalue weighted by Gasteiger charge is -2.22. The topological polar surface area (TPSA) is 94.9 Å². The summed E-state index contributed by atoms with van der Waals surface area (Å²) in [4.78, 5) is 32.6. The summed E-state index contributed by atoms with van der Waals surface area (Å²) >= 11 is 6.25. The first-order valence-corrected chi connectivity index (χ1v) is 12.5. The Kier molecular flexibility index (Phi) is 9.19. The molecule has 0 spiro atoms. The number of hydrogen-bond donors (Lipinski definition) is 1. The predicted molar refractivity (Wildman–Crippen MR) is 150 cm³/mol. The van der Waals surface area contributed by atoms with Gasteiger partial charge in [-0.05, 0) is 48.5 Å². The van der Waals surface area contributed by atoms with Crippen molar-refractivity contribution in [2.45, 2.75) is 0 Å². The maximum absolute atomic E-state index is 13.3. The van der Waals surface area contributed by atoms with Crippen LogP contribution < -0.4 is 14.8 Å². The van der Waals surface area contributed by atoms with Crippen molar-refractivity contribution in [3.63, 3.8) is 0 Å². The van der Waals surface area contributed by atoms with Crippen LogP contribution in [0.5, 0.6) is 11.5 Å². The second kappa shape index (κ2) is 12.9. The standard InChI is InChI=1S/C29H29ClN4O5/c1-37-16-15-33(28(36)24-9-4-5-10-25(24)30)19-27(35)32-29-31-26(20-7-6-8-23(17-20)39-3)18-34(29)21-11-13-22(38-2)14-12-21/h4-14,17-18H,15-16,19H2,1-3H3,(H,31,32,35). The molecule has 0 radical (unpaired) electrons. The molecular weight excluding hydrogens is 520 g/mol. The Morgan fingerprint density at radius 3 is 2.38 bits per heavy atom. The molecule has 1 heterocycles. The number of nitrogens with zero attached hydrogens (tertiary/aromatic N) is 3. The van der Waals surface area contributed by atoms with Crippen LogP contribution in [0, 0.1) is 0 Å². The largest absolute Gasteiger partial charge is 0.497 e. The highest BCUT2D eigenvalue weighted by molar-refractivity contribution is 6.33. The molecule has 1 N–H and O–H groups in total. The van der Waals surface area contributed by atoms with Gasteiger partial charge >= 0.3 is 0 Å². The Bertz CT molecular complexity index is 1440. The minimum atomic E-state index is -0.427. The van der Waals surface area contributed by atoms with E-state index in [4.69, 9.17) is 30.8 Å². The van der Waals surface area contributed by atoms with E-state index in [0.717, 1.165) is 11.3 Å². The lowest BCUT2D eigenvalue weighted by atomic mass is 10.1. The number of ether oxygens (including phenoxy) is 3. The van der Waals surface area contributed by atoms with Crippen LogP contribution in [-0.2, 0) is 9.53 Å². The summed E-state index contributed by atoms with van der Waals surface area (Å²) in [5.74, 6) is 0.876. The Morgan fingerprint density at radius 2 is 1.69 bits per heavy atom. The van der Waals surface area contributed by atoms with Gasteiger partial charge in [-0.1, -0.05) is 35.9 Å². The third kappa shape index (κ3) is 6.76. The van der Waals surface area contributed by atoms with Gasteiger partial charge in [0.1, 0.15) is 18.0 Å². The number of carbonyl (C=O) groups excluding carboxylic acids is 2. The van der Waals surface area contributed by atoms with E-state index in [-0.39, 0.29) is 25.6 Å². The Morgan fingerprint density at radius 1 is 0.949 bits per heavy atom. The van der Waals surface area contributed by atoms with E-state index in [1.165, 1.54) is 12.0 Å². The number of halogens is 1. The molecule has 202 valence electrons. The fourth-order valence-electron chi connectivity index (χ4n) is 3.93. The summed E-state index contributed by atoms with van der Waals surface area (Å²) in [6.07, 6.45) is 1.82. The molecule has 4 aromatic rings. The lowest BCUT2D eigenvalue weighted by Crippen LogP contribution is -2.40. The third-order valence-electron chi connectivity index (χ3n) is 5.96. The van der Waals surface area contributed by atoms with Crippen molar-refractivity contribution in [1.29, 1.82) is 0 Å². The highest BCUT2D eigenvalue weighted by atomic mass is 35.5. The van der Waals surface area contributed by atoms with E-state index in [1.54, 1.807) is 43.1 Å². The van der Waals surface area contributed by atoms with E-state index in [1.807, 2.05) is 54.7 Å². The van der Waals surface area contributed by atoms with Crippen molar-refractivity contribution in [3.8, 4) is 28.4 Å². The second-order valence-corrected chi connectivity index (χ2v) is 8.90. The van der Waals surface area contributed by atoms with E-state index in [0.29, 0.717) is 33.7 Å². The molecule has 0 saturated carbocycles. The van der Waals surface area contributed by atoms with Crippen LogP contribution in [0.25, 0.3) is 16.9 Å². The number of nitrogens with one attached hydrogen (secondary N) is 1. The van der Waals surface area contributed by atoms with Gasteiger partial charge in [0.05, 0.1) is 37.1 Å². The van der Waals surface area contributed by atoms with Crippen LogP contribution >= 0.6 is 11.6 Å². The fraction of sp³-hybridized carbons (Fsp3) is 0.207. The number of amides is 2. The molecule has 39 heavy (non-hydrogen) atoms. The number of hydrogen-bond acceptors (Lipinski definition) is 6. The molecule has 0 unspecified atom stereocenters. The zero-order valence-electron chi connectivity index (χ0n) is 21.9. The quantitative estimate of drug-likeness (QED) is 0.285. The van der Waals surface area contributed by atoms with E-state index < -0.39 is 5.91 Å². The molecule has 0 saturated heterocycles. The van der Waals surface area contributed by atoms with Crippen LogP contribution in [0.4, 0.5) is 5.95 Å². The van der Waals surface area contributed by atoms with Crippen molar-refractivity contribution < 1.29 is 23.8 Å². The van der Waals surface area contributed by atoms with Crippen molar-refractivity contribution in [1.82, 2.24) is 14.5 Å². The van der Waals surface area contributed by atoms with Crippen molar-refractivity contribution in [2.75, 3.05) is 46.3 Å². The molecule has 2 amide bonds. The molecular formula is C29H29ClN4O5. The molecule has 0 aliphatic heterocycles. The highest BCUT2D eigenvalue weighted by Gasteiger charge is 2.22. The highest BCUT2D eigenvalue weighted by Crippen LogP contribution is 2.28. The van der Waals surface area contributed by atoms with Crippen LogP contribution in [-0.4, -0.2) is 67.3 Å². The average Bonchev–Trinajstić information content (AvgIpc) is 3.38. The summed E-state index contributed by atoms with van der Waals surface area (Å²) < 4.78 is 17.6. The minimum absolute atomic E-state index is 0.204. The first kappa shape index (κ1) is 27.7. The number of anilines is 1. The maximum atomic E-state index is 13.3. The third-order valence-corrected chi connectivity index (χ3v) is 6.29. The smallest absolute Gasteiger partial charge is 0.255 e. The van der Waals surface area contributed by atoms with Crippen LogP contribution in [0.3, 0.4) is 0 Å². The fourth-order valence-corrected chi connectivity index (χ4v) is 4.14. The van der Waals surface area contributed by atoms with Gasteiger partial charge in [-0.25, -0.2) is 4.98 Å². The normalized spacial score (nSPS) is 10.7. The van der Waals surface area contributed by atoms with Crippen molar-refractivity contribution in [2.24, 2.45) is 0 Å². The molecule has 0 aliphatic rings. The Balaban J connectivity index is 1.63. The zero-order chi connectivity index (χ0) is 27.8. The van der Waals surface area contributed by atoms with Gasteiger partial charge < -0.3 is 19.1 Å². The van der Waals surface area contributed by atoms with Crippen molar-refractivity contribution in [3.05, 3.63) is 89.6 Å². The molecule has 0 aliphatic carbocycles. The summed E-state index contributed by atoms with van der Waals surface area (Å²) in [5, 5.41) is 3.18. The predicted octanol–water partition coefficient (Wildman–Crippen LogP) is 4.94. The van der Waals surface area contributed by atoms with Crippen LogP contribution in [0.1, 0.15) is 10.4 Å². The molecule has 3 aromatic carbocycles. The van der Waals surface area contributed by atoms with Gasteiger partial charge in [0.25, 0.3) is 5.91 Å². The lowest BCUT2D eigenvalue weighted by molar-refractivity contribution is -0.117. The number of benzene rings is 3. The zero-order valence-corrected chi connectivity index (χ0v) is 22.6. The van der Waals surface area contributed by atoms with Gasteiger partial charge in [0.15, 0.2) is 0 Å². The van der Waals surface area contributed by atoms with Gasteiger partial charge in [-0.3, -0.25) is 19.5 Å². The number of aromatic nitrogens is 2. The Hall–Kier alpha value is -4.34. The number of carbonyl (C=O) groups is 2. The maximum Gasteiger partial charge on any atom is 0.255 e. The summed E-state index contributed by atoms with van der Waals surface area (Å²) in [7, 11) is 4.72. The van der Waals surface area contributed by atoms with Gasteiger partial charge in [-0.15, -0.1) is 0 Å². The number of imidazole rings is 1. The SMILES string of the molecule is COCCN(CC(=O)Nc1nc(-c2cccc(OC)c2)cn1-c1ccc(OC)cc1)C(=O)c1ccccc1Cl. The van der Waals surface area contributed by atoms with E-state index in [9.17, 15) is 9.59 Å². The molecule has 1 aromatic heterocycles. The van der Waals surface area contributed by atoms with Crippen molar-refractivity contribution >= 4 is 29.4 Å². The first-order chi connectivity index (χ1) is 18.9. The molecule has 0 bridgehead atoms. The molecule has 9 nitrogen and oxygen atoms in total. The van der Waals surface area contributed by atoms with Gasteiger partial charge in [0.2, 0.25) is 11.9 Å². The van der Waals surface area contributed by atoms with E-state index in [2.05, 4.69) is 5.32 Å². The summed E-state index contributed by atoms with van der Waals surface area (Å²) in [5.41, 5.74) is 2.51.